The van der Waals surface area contributed by atoms with E-state index in [4.69, 9.17) is 0 Å². The van der Waals surface area contributed by atoms with Crippen LogP contribution in [0, 0.1) is 5.92 Å². The summed E-state index contributed by atoms with van der Waals surface area (Å²) in [7, 11) is 3.06. The van der Waals surface area contributed by atoms with E-state index in [-0.39, 0.29) is 24.0 Å². The standard InChI is InChI=1S/C18H31P.HI/c1-4-5-6-7-11-14-17(18(2,3)19)15-16-12-9-8-10-13-16;/h8-10,12-13,17H,4-7,11,14-15,19H2,1-3H3;1H. The van der Waals surface area contributed by atoms with E-state index in [0.717, 1.165) is 5.92 Å². The Morgan fingerprint density at radius 2 is 1.60 bits per heavy atom. The molecule has 0 N–H and O–H groups in total. The third-order valence-corrected chi connectivity index (χ3v) is 4.50. The Labute approximate surface area is 145 Å². The fraction of sp³-hybridized carbons (Fsp3) is 0.667. The van der Waals surface area contributed by atoms with Gasteiger partial charge in [-0.3, -0.25) is 0 Å². The number of rotatable bonds is 9. The van der Waals surface area contributed by atoms with E-state index in [1.54, 1.807) is 0 Å². The van der Waals surface area contributed by atoms with Crippen LogP contribution < -0.4 is 0 Å². The van der Waals surface area contributed by atoms with E-state index in [0.29, 0.717) is 5.16 Å². The molecule has 0 saturated carbocycles. The molecule has 0 aromatic heterocycles. The summed E-state index contributed by atoms with van der Waals surface area (Å²) < 4.78 is 0. The summed E-state index contributed by atoms with van der Waals surface area (Å²) in [5, 5.41) is 0.334. The molecule has 0 aliphatic carbocycles. The lowest BCUT2D eigenvalue weighted by Crippen LogP contribution is -2.26. The minimum absolute atomic E-state index is 0. The Hall–Kier alpha value is 0.380. The van der Waals surface area contributed by atoms with Crippen molar-refractivity contribution in [1.29, 1.82) is 0 Å². The molecule has 20 heavy (non-hydrogen) atoms. The Balaban J connectivity index is 0.00000361. The number of unbranched alkanes of at least 4 members (excludes halogenated alkanes) is 4. The average molecular weight is 406 g/mol. The summed E-state index contributed by atoms with van der Waals surface area (Å²) in [6, 6.07) is 10.9. The van der Waals surface area contributed by atoms with Gasteiger partial charge in [0.15, 0.2) is 0 Å². The Morgan fingerprint density at radius 3 is 2.15 bits per heavy atom. The first-order valence-corrected chi connectivity index (χ1v) is 8.44. The molecule has 0 nitrogen and oxygen atoms in total. The molecule has 0 saturated heterocycles. The molecule has 2 unspecified atom stereocenters. The molecular formula is C18H32IP. The van der Waals surface area contributed by atoms with Gasteiger partial charge in [-0.1, -0.05) is 83.2 Å². The number of hydrogen-bond donors (Lipinski definition) is 0. The van der Waals surface area contributed by atoms with Gasteiger partial charge in [-0.15, -0.1) is 33.2 Å². The van der Waals surface area contributed by atoms with Gasteiger partial charge < -0.3 is 0 Å². The van der Waals surface area contributed by atoms with E-state index >= 15 is 0 Å². The molecule has 0 radical (unpaired) electrons. The molecule has 0 aliphatic rings. The quantitative estimate of drug-likeness (QED) is 0.250. The van der Waals surface area contributed by atoms with Crippen LogP contribution in [0.25, 0.3) is 0 Å². The van der Waals surface area contributed by atoms with Crippen LogP contribution >= 0.6 is 33.2 Å². The highest BCUT2D eigenvalue weighted by Gasteiger charge is 2.24. The number of halogens is 1. The molecule has 1 rings (SSSR count). The highest BCUT2D eigenvalue weighted by Crippen LogP contribution is 2.33. The van der Waals surface area contributed by atoms with Crippen LogP contribution in [0.2, 0.25) is 0 Å². The zero-order chi connectivity index (χ0) is 14.1. The van der Waals surface area contributed by atoms with Crippen molar-refractivity contribution in [3.05, 3.63) is 35.9 Å². The fourth-order valence-corrected chi connectivity index (χ4v) is 2.91. The highest BCUT2D eigenvalue weighted by atomic mass is 127. The third kappa shape index (κ3) is 8.62. The Bertz CT molecular complexity index is 329. The molecular weight excluding hydrogens is 374 g/mol. The molecule has 0 amide bonds. The van der Waals surface area contributed by atoms with Gasteiger partial charge in [-0.05, 0) is 29.5 Å². The molecule has 0 heterocycles. The van der Waals surface area contributed by atoms with Crippen molar-refractivity contribution in [3.63, 3.8) is 0 Å². The maximum Gasteiger partial charge on any atom is -0.0175 e. The first-order chi connectivity index (χ1) is 9.04. The van der Waals surface area contributed by atoms with Gasteiger partial charge in [-0.25, -0.2) is 0 Å². The lowest BCUT2D eigenvalue weighted by atomic mass is 9.84. The van der Waals surface area contributed by atoms with Crippen molar-refractivity contribution in [2.45, 2.75) is 70.9 Å². The molecule has 0 aliphatic heterocycles. The topological polar surface area (TPSA) is 0 Å². The van der Waals surface area contributed by atoms with Crippen molar-refractivity contribution in [2.24, 2.45) is 5.92 Å². The van der Waals surface area contributed by atoms with Crippen molar-refractivity contribution in [1.82, 2.24) is 0 Å². The summed E-state index contributed by atoms with van der Waals surface area (Å²) in [4.78, 5) is 0. The zero-order valence-corrected chi connectivity index (χ0v) is 16.9. The minimum Gasteiger partial charge on any atom is -0.131 e. The molecule has 116 valence electrons. The summed E-state index contributed by atoms with van der Waals surface area (Å²) in [5.41, 5.74) is 1.48. The van der Waals surface area contributed by atoms with Gasteiger partial charge in [0.2, 0.25) is 0 Å². The second-order valence-electron chi connectivity index (χ2n) is 6.41. The van der Waals surface area contributed by atoms with Crippen molar-refractivity contribution in [3.8, 4) is 0 Å². The number of hydrogen-bond acceptors (Lipinski definition) is 0. The molecule has 0 bridgehead atoms. The van der Waals surface area contributed by atoms with Crippen molar-refractivity contribution < 1.29 is 0 Å². The Kier molecular flexibility index (Phi) is 11.2. The smallest absolute Gasteiger partial charge is 0.0175 e. The largest absolute Gasteiger partial charge is 0.131 e. The third-order valence-electron chi connectivity index (χ3n) is 4.03. The molecule has 0 fully saturated rings. The van der Waals surface area contributed by atoms with E-state index in [2.05, 4.69) is 60.3 Å². The first kappa shape index (κ1) is 20.4. The molecule has 2 heteroatoms. The van der Waals surface area contributed by atoms with Crippen LogP contribution in [0.15, 0.2) is 30.3 Å². The highest BCUT2D eigenvalue weighted by molar-refractivity contribution is 14.0. The fourth-order valence-electron chi connectivity index (χ4n) is 2.63. The zero-order valence-electron chi connectivity index (χ0n) is 13.4. The van der Waals surface area contributed by atoms with Crippen molar-refractivity contribution in [2.75, 3.05) is 0 Å². The lowest BCUT2D eigenvalue weighted by molar-refractivity contribution is 0.374. The molecule has 0 spiro atoms. The maximum absolute atomic E-state index is 3.06. The predicted octanol–water partition coefficient (Wildman–Crippen LogP) is 6.48. The van der Waals surface area contributed by atoms with Crippen LogP contribution in [0.1, 0.15) is 64.9 Å². The molecule has 1 aromatic rings. The van der Waals surface area contributed by atoms with Gasteiger partial charge in [0.05, 0.1) is 0 Å². The summed E-state index contributed by atoms with van der Waals surface area (Å²) in [6.45, 7) is 7.00. The maximum atomic E-state index is 3.06. The van der Waals surface area contributed by atoms with Crippen LogP contribution in [-0.4, -0.2) is 5.16 Å². The average Bonchev–Trinajstić information content (AvgIpc) is 2.37. The van der Waals surface area contributed by atoms with Crippen LogP contribution in [0.4, 0.5) is 0 Å². The summed E-state index contributed by atoms with van der Waals surface area (Å²) >= 11 is 0. The van der Waals surface area contributed by atoms with E-state index in [1.165, 1.54) is 50.5 Å². The van der Waals surface area contributed by atoms with Gasteiger partial charge in [0.25, 0.3) is 0 Å². The van der Waals surface area contributed by atoms with Crippen LogP contribution in [0.5, 0.6) is 0 Å². The van der Waals surface area contributed by atoms with E-state index < -0.39 is 0 Å². The SMILES string of the molecule is CCCCCCCC(Cc1ccccc1)C(C)(C)P.I. The van der Waals surface area contributed by atoms with Gasteiger partial charge in [0.1, 0.15) is 0 Å². The minimum atomic E-state index is 0. The van der Waals surface area contributed by atoms with E-state index in [1.807, 2.05) is 0 Å². The Morgan fingerprint density at radius 1 is 1.00 bits per heavy atom. The van der Waals surface area contributed by atoms with Crippen LogP contribution in [-0.2, 0) is 6.42 Å². The normalized spacial score (nSPS) is 12.8. The number of benzene rings is 1. The monoisotopic (exact) mass is 406 g/mol. The first-order valence-electron chi connectivity index (χ1n) is 7.87. The van der Waals surface area contributed by atoms with E-state index in [9.17, 15) is 0 Å². The second-order valence-corrected chi connectivity index (χ2v) is 7.90. The van der Waals surface area contributed by atoms with Gasteiger partial charge in [-0.2, -0.15) is 0 Å². The molecule has 2 atom stereocenters. The van der Waals surface area contributed by atoms with Gasteiger partial charge >= 0.3 is 0 Å². The summed E-state index contributed by atoms with van der Waals surface area (Å²) in [6.07, 6.45) is 9.50. The van der Waals surface area contributed by atoms with Crippen LogP contribution in [0.3, 0.4) is 0 Å². The summed E-state index contributed by atoms with van der Waals surface area (Å²) in [5.74, 6) is 0.765. The molecule has 1 aromatic carbocycles. The second kappa shape index (κ2) is 11.0. The van der Waals surface area contributed by atoms with Gasteiger partial charge in [0, 0.05) is 0 Å². The van der Waals surface area contributed by atoms with Crippen molar-refractivity contribution >= 4 is 33.2 Å². The predicted molar refractivity (Wildman–Crippen MR) is 106 cm³/mol. The lowest BCUT2D eigenvalue weighted by Gasteiger charge is -2.31.